The van der Waals surface area contributed by atoms with Crippen molar-refractivity contribution in [3.8, 4) is 0 Å². The molecule has 0 radical (unpaired) electrons. The highest BCUT2D eigenvalue weighted by molar-refractivity contribution is 5.80. The monoisotopic (exact) mass is 293 g/mol. The fraction of sp³-hybridized carbons (Fsp3) is 0.938. The van der Waals surface area contributed by atoms with Crippen molar-refractivity contribution in [2.24, 2.45) is 16.3 Å². The lowest BCUT2D eigenvalue weighted by Crippen LogP contribution is -2.72. The minimum atomic E-state index is 0.352. The van der Waals surface area contributed by atoms with Gasteiger partial charge in [-0.05, 0) is 32.1 Å². The minimum absolute atomic E-state index is 0.352. The van der Waals surface area contributed by atoms with E-state index in [-0.39, 0.29) is 0 Å². The summed E-state index contributed by atoms with van der Waals surface area (Å²) < 4.78 is 11.6. The Hall–Kier alpha value is -0.810. The molecule has 2 saturated heterocycles. The van der Waals surface area contributed by atoms with Crippen molar-refractivity contribution in [3.05, 3.63) is 0 Å². The molecule has 2 aliphatic heterocycles. The van der Waals surface area contributed by atoms with Gasteiger partial charge in [0.25, 0.3) is 0 Å². The molecule has 21 heavy (non-hydrogen) atoms. The molecule has 0 bridgehead atoms. The highest BCUT2D eigenvalue weighted by atomic mass is 16.5. The van der Waals surface area contributed by atoms with Gasteiger partial charge in [-0.25, -0.2) is 0 Å². The van der Waals surface area contributed by atoms with E-state index in [1.807, 2.05) is 7.05 Å². The standard InChI is InChI=1S/C16H27N3O2/c1-17-15(18-10-11-4-2-8-20-11)19-13-12-5-9-21-14(12)16(13)6-3-7-16/h11-14H,2-10H2,1H3,(H2,17,18,19). The van der Waals surface area contributed by atoms with Crippen LogP contribution in [0.25, 0.3) is 0 Å². The predicted molar refractivity (Wildman–Crippen MR) is 81.4 cm³/mol. The lowest BCUT2D eigenvalue weighted by molar-refractivity contribution is -0.171. The van der Waals surface area contributed by atoms with E-state index in [2.05, 4.69) is 15.6 Å². The maximum atomic E-state index is 5.98. The molecule has 0 aromatic heterocycles. The molecule has 5 nitrogen and oxygen atoms in total. The Morgan fingerprint density at radius 2 is 2.10 bits per heavy atom. The van der Waals surface area contributed by atoms with E-state index in [9.17, 15) is 0 Å². The second-order valence-electron chi connectivity index (χ2n) is 7.04. The Bertz CT molecular complexity index is 416. The Kier molecular flexibility index (Phi) is 3.58. The summed E-state index contributed by atoms with van der Waals surface area (Å²) in [7, 11) is 1.86. The van der Waals surface area contributed by atoms with Crippen LogP contribution in [0, 0.1) is 11.3 Å². The normalized spacial score (nSPS) is 40.5. The van der Waals surface area contributed by atoms with Crippen molar-refractivity contribution in [1.82, 2.24) is 10.6 Å². The first-order valence-electron chi connectivity index (χ1n) is 8.54. The third kappa shape index (κ3) is 2.16. The van der Waals surface area contributed by atoms with Crippen molar-refractivity contribution in [1.29, 1.82) is 0 Å². The number of rotatable bonds is 3. The number of ether oxygens (including phenoxy) is 2. The summed E-state index contributed by atoms with van der Waals surface area (Å²) in [4.78, 5) is 4.41. The number of guanidine groups is 1. The van der Waals surface area contributed by atoms with Gasteiger partial charge in [0.2, 0.25) is 0 Å². The molecule has 2 aliphatic carbocycles. The van der Waals surface area contributed by atoms with Gasteiger partial charge in [-0.15, -0.1) is 0 Å². The summed E-state index contributed by atoms with van der Waals surface area (Å²) in [6.45, 7) is 2.71. The molecular weight excluding hydrogens is 266 g/mol. The molecule has 4 rings (SSSR count). The molecule has 2 heterocycles. The van der Waals surface area contributed by atoms with E-state index in [1.54, 1.807) is 0 Å². The zero-order valence-electron chi connectivity index (χ0n) is 12.9. The van der Waals surface area contributed by atoms with Gasteiger partial charge in [-0.3, -0.25) is 4.99 Å². The van der Waals surface area contributed by atoms with Crippen LogP contribution in [-0.4, -0.2) is 51.0 Å². The van der Waals surface area contributed by atoms with E-state index in [0.29, 0.717) is 29.6 Å². The summed E-state index contributed by atoms with van der Waals surface area (Å²) >= 11 is 0. The zero-order valence-corrected chi connectivity index (χ0v) is 12.9. The van der Waals surface area contributed by atoms with Crippen LogP contribution >= 0.6 is 0 Å². The van der Waals surface area contributed by atoms with Gasteiger partial charge in [0.05, 0.1) is 12.2 Å². The van der Waals surface area contributed by atoms with Crippen molar-refractivity contribution in [3.63, 3.8) is 0 Å². The summed E-state index contributed by atoms with van der Waals surface area (Å²) in [6, 6.07) is 0.550. The fourth-order valence-electron chi connectivity index (χ4n) is 4.81. The van der Waals surface area contributed by atoms with Gasteiger partial charge in [-0.1, -0.05) is 6.42 Å². The molecule has 1 spiro atoms. The van der Waals surface area contributed by atoms with Crippen molar-refractivity contribution >= 4 is 5.96 Å². The van der Waals surface area contributed by atoms with Crippen LogP contribution < -0.4 is 10.6 Å². The maximum absolute atomic E-state index is 5.98. The molecule has 4 aliphatic rings. The molecule has 4 fully saturated rings. The predicted octanol–water partition coefficient (Wildman–Crippen LogP) is 1.29. The number of nitrogens with one attached hydrogen (secondary N) is 2. The Morgan fingerprint density at radius 3 is 2.76 bits per heavy atom. The summed E-state index contributed by atoms with van der Waals surface area (Å²) in [5, 5.41) is 7.14. The molecule has 4 unspecified atom stereocenters. The third-order valence-electron chi connectivity index (χ3n) is 6.07. The lowest BCUT2D eigenvalue weighted by atomic mass is 9.46. The van der Waals surface area contributed by atoms with Crippen molar-refractivity contribution < 1.29 is 9.47 Å². The van der Waals surface area contributed by atoms with Crippen molar-refractivity contribution in [2.45, 2.75) is 56.8 Å². The van der Waals surface area contributed by atoms with Gasteiger partial charge in [-0.2, -0.15) is 0 Å². The average molecular weight is 293 g/mol. The number of hydrogen-bond donors (Lipinski definition) is 2. The van der Waals surface area contributed by atoms with Gasteiger partial charge in [0.1, 0.15) is 0 Å². The first-order chi connectivity index (χ1) is 10.3. The quantitative estimate of drug-likeness (QED) is 0.608. The van der Waals surface area contributed by atoms with Crippen molar-refractivity contribution in [2.75, 3.05) is 26.8 Å². The summed E-state index contributed by atoms with van der Waals surface area (Å²) in [6.07, 6.45) is 8.40. The van der Waals surface area contributed by atoms with E-state index >= 15 is 0 Å². The maximum Gasteiger partial charge on any atom is 0.191 e. The van der Waals surface area contributed by atoms with E-state index in [1.165, 1.54) is 32.1 Å². The number of aliphatic imine (C=N–C) groups is 1. The second-order valence-corrected chi connectivity index (χ2v) is 7.04. The zero-order chi connectivity index (χ0) is 14.3. The third-order valence-corrected chi connectivity index (χ3v) is 6.07. The van der Waals surface area contributed by atoms with Crippen LogP contribution in [0.5, 0.6) is 0 Å². The molecule has 118 valence electrons. The van der Waals surface area contributed by atoms with Crippen LogP contribution in [-0.2, 0) is 9.47 Å². The van der Waals surface area contributed by atoms with Gasteiger partial charge in [0.15, 0.2) is 5.96 Å². The molecule has 0 amide bonds. The summed E-state index contributed by atoms with van der Waals surface area (Å²) in [5.74, 6) is 1.62. The van der Waals surface area contributed by atoms with Crippen LogP contribution in [0.2, 0.25) is 0 Å². The SMILES string of the molecule is CN=C(NCC1CCCO1)NC1C2CCOC2C12CCC2. The van der Waals surface area contributed by atoms with Crippen LogP contribution in [0.15, 0.2) is 4.99 Å². The summed E-state index contributed by atoms with van der Waals surface area (Å²) in [5.41, 5.74) is 0.405. The minimum Gasteiger partial charge on any atom is -0.377 e. The van der Waals surface area contributed by atoms with Crippen LogP contribution in [0.1, 0.15) is 38.5 Å². The second kappa shape index (κ2) is 5.43. The van der Waals surface area contributed by atoms with Crippen LogP contribution in [0.4, 0.5) is 0 Å². The molecule has 0 aromatic carbocycles. The molecule has 4 atom stereocenters. The highest BCUT2D eigenvalue weighted by Gasteiger charge is 2.66. The largest absolute Gasteiger partial charge is 0.377 e. The number of fused-ring (bicyclic) bond motifs is 2. The Labute approximate surface area is 126 Å². The number of nitrogens with zero attached hydrogens (tertiary/aromatic N) is 1. The molecule has 2 saturated carbocycles. The first-order valence-corrected chi connectivity index (χ1v) is 8.54. The lowest BCUT2D eigenvalue weighted by Gasteiger charge is -2.63. The van der Waals surface area contributed by atoms with Gasteiger partial charge < -0.3 is 20.1 Å². The molecule has 5 heteroatoms. The Balaban J connectivity index is 1.35. The van der Waals surface area contributed by atoms with Gasteiger partial charge >= 0.3 is 0 Å². The first kappa shape index (κ1) is 13.8. The number of hydrogen-bond acceptors (Lipinski definition) is 3. The topological polar surface area (TPSA) is 54.9 Å². The smallest absolute Gasteiger partial charge is 0.191 e. The average Bonchev–Trinajstić information content (AvgIpc) is 3.08. The van der Waals surface area contributed by atoms with Gasteiger partial charge in [0, 0.05) is 44.2 Å². The molecule has 2 N–H and O–H groups in total. The Morgan fingerprint density at radius 1 is 1.19 bits per heavy atom. The molecular formula is C16H27N3O2. The molecule has 0 aromatic rings. The van der Waals surface area contributed by atoms with E-state index < -0.39 is 0 Å². The van der Waals surface area contributed by atoms with E-state index in [0.717, 1.165) is 32.1 Å². The van der Waals surface area contributed by atoms with E-state index in [4.69, 9.17) is 9.47 Å². The fourth-order valence-corrected chi connectivity index (χ4v) is 4.81. The highest BCUT2D eigenvalue weighted by Crippen LogP contribution is 2.62. The van der Waals surface area contributed by atoms with Crippen LogP contribution in [0.3, 0.4) is 0 Å².